The first-order valence-electron chi connectivity index (χ1n) is 28.3. The fourth-order valence-electron chi connectivity index (χ4n) is 9.98. The van der Waals surface area contributed by atoms with Gasteiger partial charge in [-0.2, -0.15) is 4.58 Å². The highest BCUT2D eigenvalue weighted by atomic mass is 16.5. The second kappa shape index (κ2) is 27.3. The molecule has 0 saturated heterocycles. The molecule has 0 bridgehead atoms. The number of amides is 2. The summed E-state index contributed by atoms with van der Waals surface area (Å²) in [4.78, 5) is 35.6. The lowest BCUT2D eigenvalue weighted by atomic mass is 10.0. The summed E-state index contributed by atoms with van der Waals surface area (Å²) in [7, 11) is 4.11. The normalized spacial score (nSPS) is 12.8. The van der Waals surface area contributed by atoms with Crippen LogP contribution in [0.4, 0.5) is 28.4 Å². The number of carbonyl (C=O) groups excluding carboxylic acids is 2. The Morgan fingerprint density at radius 2 is 1.18 bits per heavy atom. The molecular formula is C68H76N8O4+2. The van der Waals surface area contributed by atoms with E-state index in [-0.39, 0.29) is 11.8 Å². The molecule has 0 unspecified atom stereocenters. The maximum atomic E-state index is 12.9. The number of aliphatic imine (C=N–C) groups is 1. The minimum atomic E-state index is -0.0726. The molecule has 0 radical (unpaired) electrons. The molecule has 10 rings (SSSR count). The number of hydrogen-bond acceptors (Lipinski definition) is 8. The molecule has 6 aromatic carbocycles. The average molecular weight is 1070 g/mol. The largest absolute Gasteiger partial charge is 0.453 e. The number of rotatable bonds is 21. The summed E-state index contributed by atoms with van der Waals surface area (Å²) in [5, 5.41) is 16.5. The van der Waals surface area contributed by atoms with Gasteiger partial charge in [-0.15, -0.1) is 0 Å². The summed E-state index contributed by atoms with van der Waals surface area (Å²) < 4.78 is 14.8. The Morgan fingerprint density at radius 3 is 1.76 bits per heavy atom. The van der Waals surface area contributed by atoms with Crippen molar-refractivity contribution >= 4 is 57.1 Å². The molecule has 0 saturated carbocycles. The van der Waals surface area contributed by atoms with Gasteiger partial charge in [0.25, 0.3) is 11.8 Å². The highest BCUT2D eigenvalue weighted by molar-refractivity contribution is 6.11. The topological polar surface area (TPSA) is 150 Å². The SMILES string of the molecule is CC1=CC2=Nc3cc(C)c(NCCCCCCNC(=O)c4ccc(-c5ccc(C(=O)NCCCCCCNc6cc7oc8cc(=[N+](C)c9ccccc9)c(C)cc-8nc7cc6C)cc5)cc4)cc3OC2=CC1.C[NH2+]c1ccccc1. The summed E-state index contributed by atoms with van der Waals surface area (Å²) >= 11 is 0. The van der Waals surface area contributed by atoms with E-state index in [4.69, 9.17) is 19.1 Å². The summed E-state index contributed by atoms with van der Waals surface area (Å²) in [6, 6.07) is 48.3. The van der Waals surface area contributed by atoms with Crippen molar-refractivity contribution in [3.05, 3.63) is 202 Å². The van der Waals surface area contributed by atoms with Crippen LogP contribution in [0.2, 0.25) is 0 Å². The number of nitrogens with zero attached hydrogens (tertiary/aromatic N) is 3. The molecule has 2 heterocycles. The fourth-order valence-corrected chi connectivity index (χ4v) is 9.98. The van der Waals surface area contributed by atoms with Crippen LogP contribution in [-0.2, 0) is 0 Å². The Balaban J connectivity index is 0.000000890. The van der Waals surface area contributed by atoms with Crippen LogP contribution in [0, 0.1) is 20.8 Å². The number of nitrogens with two attached hydrogens (primary N) is 1. The van der Waals surface area contributed by atoms with Crippen LogP contribution in [0.1, 0.15) is 102 Å². The van der Waals surface area contributed by atoms with Gasteiger partial charge >= 0.3 is 0 Å². The number of allylic oxidation sites excluding steroid dienone is 3. The van der Waals surface area contributed by atoms with E-state index in [1.54, 1.807) is 0 Å². The molecule has 6 N–H and O–H groups in total. The van der Waals surface area contributed by atoms with Gasteiger partial charge in [0, 0.05) is 78.5 Å². The number of unbranched alkanes of at least 4 members (excludes halogenated alkanes) is 6. The highest BCUT2D eigenvalue weighted by Crippen LogP contribution is 2.39. The molecule has 410 valence electrons. The van der Waals surface area contributed by atoms with Crippen LogP contribution < -0.4 is 41.3 Å². The molecule has 0 atom stereocenters. The molecule has 80 heavy (non-hydrogen) atoms. The van der Waals surface area contributed by atoms with Gasteiger partial charge < -0.3 is 35.7 Å². The molecule has 6 aromatic rings. The number of hydrogen-bond donors (Lipinski definition) is 5. The molecule has 2 amide bonds. The number of quaternary nitrogens is 1. The van der Waals surface area contributed by atoms with Crippen LogP contribution in [0.5, 0.6) is 5.75 Å². The predicted octanol–water partition coefficient (Wildman–Crippen LogP) is 13.3. The van der Waals surface area contributed by atoms with Crippen molar-refractivity contribution < 1.29 is 24.1 Å². The van der Waals surface area contributed by atoms with Crippen molar-refractivity contribution in [2.75, 3.05) is 50.9 Å². The van der Waals surface area contributed by atoms with Crippen molar-refractivity contribution in [3.63, 3.8) is 0 Å². The minimum absolute atomic E-state index is 0.0688. The zero-order valence-corrected chi connectivity index (χ0v) is 47.3. The third-order valence-corrected chi connectivity index (χ3v) is 14.7. The van der Waals surface area contributed by atoms with Gasteiger partial charge in [0.05, 0.1) is 13.1 Å². The van der Waals surface area contributed by atoms with Crippen LogP contribution in [0.3, 0.4) is 0 Å². The molecule has 2 aliphatic heterocycles. The van der Waals surface area contributed by atoms with Crippen LogP contribution in [0.15, 0.2) is 178 Å². The van der Waals surface area contributed by atoms with E-state index >= 15 is 0 Å². The number of fused-ring (bicyclic) bond motifs is 4. The first kappa shape index (κ1) is 56.1. The number of carbonyl (C=O) groups is 2. The van der Waals surface area contributed by atoms with E-state index in [0.29, 0.717) is 24.2 Å². The van der Waals surface area contributed by atoms with Gasteiger partial charge in [-0.3, -0.25) is 9.59 Å². The van der Waals surface area contributed by atoms with Gasteiger partial charge in [-0.05, 0) is 149 Å². The number of anilines is 2. The monoisotopic (exact) mass is 1070 g/mol. The lowest BCUT2D eigenvalue weighted by molar-refractivity contribution is -0.539. The molecule has 0 spiro atoms. The molecule has 12 heteroatoms. The van der Waals surface area contributed by atoms with Crippen LogP contribution in [0.25, 0.3) is 33.7 Å². The predicted molar refractivity (Wildman–Crippen MR) is 327 cm³/mol. The van der Waals surface area contributed by atoms with E-state index in [9.17, 15) is 9.59 Å². The Kier molecular flexibility index (Phi) is 19.2. The van der Waals surface area contributed by atoms with E-state index in [1.807, 2.05) is 92.0 Å². The lowest BCUT2D eigenvalue weighted by Gasteiger charge is -2.22. The zero-order chi connectivity index (χ0) is 55.8. The summed E-state index contributed by atoms with van der Waals surface area (Å²) in [5.41, 5.74) is 16.7. The van der Waals surface area contributed by atoms with Crippen LogP contribution >= 0.6 is 0 Å². The Hall–Kier alpha value is -8.61. The van der Waals surface area contributed by atoms with Gasteiger partial charge in [0.15, 0.2) is 17.1 Å². The van der Waals surface area contributed by atoms with Crippen molar-refractivity contribution in [1.82, 2.24) is 20.2 Å². The quantitative estimate of drug-likeness (QED) is 0.0208. The fraction of sp³-hybridized carbons (Fsp3) is 0.279. The van der Waals surface area contributed by atoms with E-state index in [1.165, 1.54) is 11.3 Å². The van der Waals surface area contributed by atoms with Crippen LogP contribution in [-0.4, -0.2) is 62.8 Å². The maximum Gasteiger partial charge on any atom is 0.251 e. The smallest absolute Gasteiger partial charge is 0.251 e. The lowest BCUT2D eigenvalue weighted by Crippen LogP contribution is -2.72. The second-order valence-corrected chi connectivity index (χ2v) is 20.9. The van der Waals surface area contributed by atoms with Gasteiger partial charge in [0.1, 0.15) is 41.1 Å². The standard InChI is InChI=1S/C61H65N7O4.C7H9N/c1-40-19-28-56-51(33-40)66-52-34-41(2)49(37-57(52)71-56)62-29-13-6-8-15-31-64-60(69)46-24-20-44(21-25-46)45-22-26-47(27-23-45)61(70)65-32-16-9-7-14-30-63-50-38-58-53(35-42(50)3)67-54-36-43(4)55(39-59(54)72-58)68(5)48-17-11-10-12-18-48;1-8-7-5-3-2-4-6-7/h10-12,17-18,20-28,33-39,62H,6-9,13-16,19,29-32H2,1-5H3,(H2,64,65,69,70);2-6,8H,1H3/p+2. The molecular weight excluding hydrogens is 993 g/mol. The summed E-state index contributed by atoms with van der Waals surface area (Å²) in [6.07, 6.45) is 13.2. The van der Waals surface area contributed by atoms with Gasteiger partial charge in [0.2, 0.25) is 11.0 Å². The van der Waals surface area contributed by atoms with Gasteiger partial charge in [-0.25, -0.2) is 9.98 Å². The number of aryl methyl sites for hydroxylation is 3. The summed E-state index contributed by atoms with van der Waals surface area (Å²) in [5.74, 6) is 2.25. The number of nitrogens with one attached hydrogen (secondary N) is 4. The Labute approximate surface area is 471 Å². The van der Waals surface area contributed by atoms with Crippen molar-refractivity contribution in [2.24, 2.45) is 4.99 Å². The third-order valence-electron chi connectivity index (χ3n) is 14.7. The molecule has 2 aliphatic carbocycles. The number of para-hydroxylation sites is 2. The minimum Gasteiger partial charge on any atom is -0.453 e. The highest BCUT2D eigenvalue weighted by Gasteiger charge is 2.22. The molecule has 0 fully saturated rings. The molecule has 4 aliphatic rings. The average Bonchev–Trinajstić information content (AvgIpc) is 3.50. The van der Waals surface area contributed by atoms with E-state index in [0.717, 1.165) is 167 Å². The number of benzene rings is 7. The Morgan fingerprint density at radius 1 is 0.613 bits per heavy atom. The van der Waals surface area contributed by atoms with E-state index in [2.05, 4.69) is 139 Å². The van der Waals surface area contributed by atoms with Crippen molar-refractivity contribution in [3.8, 4) is 28.3 Å². The van der Waals surface area contributed by atoms with Crippen molar-refractivity contribution in [2.45, 2.75) is 85.5 Å². The zero-order valence-electron chi connectivity index (χ0n) is 47.3. The number of aromatic nitrogens is 1. The summed E-state index contributed by atoms with van der Waals surface area (Å²) in [6.45, 7) is 11.4. The number of ether oxygens (including phenoxy) is 1. The van der Waals surface area contributed by atoms with Crippen molar-refractivity contribution in [1.29, 1.82) is 0 Å². The molecule has 12 nitrogen and oxygen atoms in total. The van der Waals surface area contributed by atoms with Gasteiger partial charge in [-0.1, -0.05) is 91.9 Å². The molecule has 0 aromatic heterocycles. The maximum absolute atomic E-state index is 12.9. The Bertz CT molecular complexity index is 3570. The first-order chi connectivity index (χ1) is 39.0. The van der Waals surface area contributed by atoms with E-state index < -0.39 is 0 Å². The third kappa shape index (κ3) is 14.7. The first-order valence-corrected chi connectivity index (χ1v) is 28.3. The second-order valence-electron chi connectivity index (χ2n) is 20.9.